The maximum absolute atomic E-state index is 11.2. The van der Waals surface area contributed by atoms with Crippen molar-refractivity contribution in [3.05, 3.63) is 23.3 Å². The molecular weight excluding hydrogens is 256 g/mol. The first-order valence-corrected chi connectivity index (χ1v) is 7.24. The molecule has 0 aliphatic rings. The molecule has 0 aliphatic carbocycles. The average Bonchev–Trinajstić information content (AvgIpc) is 2.42. The SMILES string of the molecule is CCCCCCCCc1c(C(=O)O)ccc(O)c1OC. The summed E-state index contributed by atoms with van der Waals surface area (Å²) >= 11 is 0. The molecule has 0 atom stereocenters. The minimum Gasteiger partial charge on any atom is -0.504 e. The van der Waals surface area contributed by atoms with E-state index in [1.54, 1.807) is 0 Å². The number of aromatic carboxylic acids is 1. The van der Waals surface area contributed by atoms with Crippen molar-refractivity contribution in [3.8, 4) is 11.5 Å². The van der Waals surface area contributed by atoms with Gasteiger partial charge in [-0.1, -0.05) is 39.0 Å². The monoisotopic (exact) mass is 280 g/mol. The van der Waals surface area contributed by atoms with Gasteiger partial charge in [0.15, 0.2) is 11.5 Å². The standard InChI is InChI=1S/C16H24O4/c1-3-4-5-6-7-8-9-12-13(16(18)19)10-11-14(17)15(12)20-2/h10-11,17H,3-9H2,1-2H3,(H,18,19). The van der Waals surface area contributed by atoms with Gasteiger partial charge in [0, 0.05) is 5.56 Å². The topological polar surface area (TPSA) is 66.8 Å². The Balaban J connectivity index is 2.71. The van der Waals surface area contributed by atoms with Gasteiger partial charge in [0.05, 0.1) is 12.7 Å². The second-order valence-corrected chi connectivity index (χ2v) is 4.97. The minimum atomic E-state index is -0.982. The Hall–Kier alpha value is -1.71. The summed E-state index contributed by atoms with van der Waals surface area (Å²) in [6.07, 6.45) is 7.43. The number of phenols is 1. The van der Waals surface area contributed by atoms with Crippen molar-refractivity contribution in [1.82, 2.24) is 0 Å². The van der Waals surface area contributed by atoms with Gasteiger partial charge in [0.1, 0.15) is 0 Å². The second-order valence-electron chi connectivity index (χ2n) is 4.97. The summed E-state index contributed by atoms with van der Waals surface area (Å²) in [6.45, 7) is 2.18. The van der Waals surface area contributed by atoms with Gasteiger partial charge >= 0.3 is 5.97 Å². The smallest absolute Gasteiger partial charge is 0.336 e. The lowest BCUT2D eigenvalue weighted by molar-refractivity contribution is 0.0695. The lowest BCUT2D eigenvalue weighted by Gasteiger charge is -2.13. The first kappa shape index (κ1) is 16.3. The van der Waals surface area contributed by atoms with E-state index in [0.717, 1.165) is 19.3 Å². The molecular formula is C16H24O4. The first-order valence-electron chi connectivity index (χ1n) is 7.24. The molecule has 1 rings (SSSR count). The summed E-state index contributed by atoms with van der Waals surface area (Å²) in [5.74, 6) is -0.693. The average molecular weight is 280 g/mol. The molecule has 0 spiro atoms. The summed E-state index contributed by atoms with van der Waals surface area (Å²) in [4.78, 5) is 11.2. The fourth-order valence-corrected chi connectivity index (χ4v) is 2.37. The van der Waals surface area contributed by atoms with E-state index in [2.05, 4.69) is 6.92 Å². The number of ether oxygens (including phenoxy) is 1. The zero-order valence-electron chi connectivity index (χ0n) is 12.3. The van der Waals surface area contributed by atoms with Gasteiger partial charge < -0.3 is 14.9 Å². The molecule has 1 aromatic carbocycles. The predicted octanol–water partition coefficient (Wildman–Crippen LogP) is 4.00. The lowest BCUT2D eigenvalue weighted by atomic mass is 9.99. The van der Waals surface area contributed by atoms with Crippen LogP contribution < -0.4 is 4.74 Å². The predicted molar refractivity (Wildman–Crippen MR) is 78.7 cm³/mol. The first-order chi connectivity index (χ1) is 9.61. The van der Waals surface area contributed by atoms with Crippen molar-refractivity contribution in [1.29, 1.82) is 0 Å². The summed E-state index contributed by atoms with van der Waals surface area (Å²) in [5, 5.41) is 19.0. The minimum absolute atomic E-state index is 0.00140. The third-order valence-electron chi connectivity index (χ3n) is 3.45. The molecule has 0 aliphatic heterocycles. The number of benzene rings is 1. The van der Waals surface area contributed by atoms with E-state index in [4.69, 9.17) is 4.74 Å². The number of rotatable bonds is 9. The Morgan fingerprint density at radius 1 is 1.15 bits per heavy atom. The molecule has 4 heteroatoms. The number of unbranched alkanes of at least 4 members (excludes halogenated alkanes) is 5. The number of methoxy groups -OCH3 is 1. The Bertz CT molecular complexity index is 440. The van der Waals surface area contributed by atoms with Gasteiger partial charge in [-0.3, -0.25) is 0 Å². The molecule has 0 aromatic heterocycles. The Labute approximate surface area is 120 Å². The highest BCUT2D eigenvalue weighted by molar-refractivity contribution is 5.90. The van der Waals surface area contributed by atoms with E-state index in [1.807, 2.05) is 0 Å². The van der Waals surface area contributed by atoms with Crippen LogP contribution in [0.2, 0.25) is 0 Å². The van der Waals surface area contributed by atoms with Crippen molar-refractivity contribution in [2.75, 3.05) is 7.11 Å². The van der Waals surface area contributed by atoms with Crippen LogP contribution in [0.15, 0.2) is 12.1 Å². The Morgan fingerprint density at radius 2 is 1.80 bits per heavy atom. The number of hydrogen-bond donors (Lipinski definition) is 2. The van der Waals surface area contributed by atoms with Gasteiger partial charge in [-0.15, -0.1) is 0 Å². The van der Waals surface area contributed by atoms with E-state index in [-0.39, 0.29) is 11.3 Å². The molecule has 112 valence electrons. The molecule has 0 fully saturated rings. The maximum Gasteiger partial charge on any atom is 0.336 e. The number of carboxylic acids is 1. The summed E-state index contributed by atoms with van der Waals surface area (Å²) < 4.78 is 5.15. The Morgan fingerprint density at radius 3 is 2.40 bits per heavy atom. The highest BCUT2D eigenvalue weighted by Crippen LogP contribution is 2.33. The molecule has 1 aromatic rings. The molecule has 20 heavy (non-hydrogen) atoms. The van der Waals surface area contributed by atoms with E-state index in [9.17, 15) is 15.0 Å². The number of phenolic OH excluding ortho intramolecular Hbond substituents is 1. The Kier molecular flexibility index (Phi) is 6.91. The highest BCUT2D eigenvalue weighted by Gasteiger charge is 2.17. The van der Waals surface area contributed by atoms with E-state index in [1.165, 1.54) is 38.5 Å². The van der Waals surface area contributed by atoms with Crippen LogP contribution in [-0.4, -0.2) is 23.3 Å². The van der Waals surface area contributed by atoms with Crippen LogP contribution in [0.25, 0.3) is 0 Å². The van der Waals surface area contributed by atoms with E-state index in [0.29, 0.717) is 17.7 Å². The van der Waals surface area contributed by atoms with Crippen LogP contribution in [-0.2, 0) is 6.42 Å². The number of carbonyl (C=O) groups is 1. The molecule has 0 bridgehead atoms. The van der Waals surface area contributed by atoms with E-state index < -0.39 is 5.97 Å². The molecule has 0 saturated heterocycles. The third-order valence-corrected chi connectivity index (χ3v) is 3.45. The third kappa shape index (κ3) is 4.44. The largest absolute Gasteiger partial charge is 0.504 e. The zero-order valence-corrected chi connectivity index (χ0v) is 12.3. The maximum atomic E-state index is 11.2. The normalized spacial score (nSPS) is 10.5. The van der Waals surface area contributed by atoms with E-state index >= 15 is 0 Å². The van der Waals surface area contributed by atoms with Crippen LogP contribution in [0.1, 0.15) is 61.4 Å². The van der Waals surface area contributed by atoms with Crippen molar-refractivity contribution in [3.63, 3.8) is 0 Å². The fourth-order valence-electron chi connectivity index (χ4n) is 2.37. The second kappa shape index (κ2) is 8.46. The molecule has 0 saturated carbocycles. The number of carboxylic acid groups (broad SMARTS) is 1. The lowest BCUT2D eigenvalue weighted by Crippen LogP contribution is -2.05. The summed E-state index contributed by atoms with van der Waals surface area (Å²) in [5.41, 5.74) is 0.809. The number of aromatic hydroxyl groups is 1. The number of hydrogen-bond acceptors (Lipinski definition) is 3. The molecule has 0 amide bonds. The molecule has 4 nitrogen and oxygen atoms in total. The van der Waals surface area contributed by atoms with Crippen LogP contribution in [0.3, 0.4) is 0 Å². The molecule has 0 radical (unpaired) electrons. The van der Waals surface area contributed by atoms with Crippen molar-refractivity contribution >= 4 is 5.97 Å². The summed E-state index contributed by atoms with van der Waals surface area (Å²) in [7, 11) is 1.45. The van der Waals surface area contributed by atoms with Crippen molar-refractivity contribution < 1.29 is 19.7 Å². The van der Waals surface area contributed by atoms with Crippen LogP contribution in [0, 0.1) is 0 Å². The van der Waals surface area contributed by atoms with Gasteiger partial charge in [-0.05, 0) is 25.0 Å². The van der Waals surface area contributed by atoms with Gasteiger partial charge in [0.25, 0.3) is 0 Å². The molecule has 0 heterocycles. The molecule has 0 unspecified atom stereocenters. The van der Waals surface area contributed by atoms with Gasteiger partial charge in [0.2, 0.25) is 0 Å². The van der Waals surface area contributed by atoms with Crippen molar-refractivity contribution in [2.45, 2.75) is 51.9 Å². The summed E-state index contributed by atoms with van der Waals surface area (Å²) in [6, 6.07) is 2.81. The van der Waals surface area contributed by atoms with Gasteiger partial charge in [-0.2, -0.15) is 0 Å². The van der Waals surface area contributed by atoms with Crippen LogP contribution in [0.4, 0.5) is 0 Å². The quantitative estimate of drug-likeness (QED) is 0.671. The fraction of sp³-hybridized carbons (Fsp3) is 0.562. The molecule has 2 N–H and O–H groups in total. The van der Waals surface area contributed by atoms with Crippen molar-refractivity contribution in [2.24, 2.45) is 0 Å². The zero-order chi connectivity index (χ0) is 15.0. The van der Waals surface area contributed by atoms with Crippen LogP contribution in [0.5, 0.6) is 11.5 Å². The highest BCUT2D eigenvalue weighted by atomic mass is 16.5. The van der Waals surface area contributed by atoms with Crippen LogP contribution >= 0.6 is 0 Å². The van der Waals surface area contributed by atoms with Gasteiger partial charge in [-0.25, -0.2) is 4.79 Å².